The highest BCUT2D eigenvalue weighted by atomic mass is 16.5. The second-order valence-corrected chi connectivity index (χ2v) is 11.3. The summed E-state index contributed by atoms with van der Waals surface area (Å²) in [6.07, 6.45) is 12.1. The first-order chi connectivity index (χ1) is 22.7. The maximum Gasteiger partial charge on any atom is 0.328 e. The Morgan fingerprint density at radius 3 is 1.94 bits per heavy atom. The number of aliphatic carboxylic acids is 2. The smallest absolute Gasteiger partial charge is 0.328 e. The predicted octanol–water partition coefficient (Wildman–Crippen LogP) is 4.43. The minimum Gasteiger partial charge on any atom is -0.478 e. The number of nitrogens with zero attached hydrogens (tertiary/aromatic N) is 4. The molecule has 1 aromatic heterocycles. The Morgan fingerprint density at radius 2 is 1.38 bits per heavy atom. The standard InChI is InChI=1S/C31H40N4O4.C4H4O4/c1-2-3-4-5-6-7-8-9-17-29(36)39-25(24-35-30(37)26-14-10-11-15-27(26)31(35)38)23-33-19-21-34(22-20-33)28-16-12-13-18-32-28;5-3(6)1-2-4(7)8/h2,10-16,18,25H,1,3-9,17,19-24H2;1-2H,(H,5,6)(H,7,8). The van der Waals surface area contributed by atoms with Gasteiger partial charge in [0.25, 0.3) is 11.8 Å². The second kappa shape index (κ2) is 19.6. The summed E-state index contributed by atoms with van der Waals surface area (Å²) >= 11 is 0. The lowest BCUT2D eigenvalue weighted by Crippen LogP contribution is -2.51. The third-order valence-corrected chi connectivity index (χ3v) is 7.78. The van der Waals surface area contributed by atoms with E-state index in [1.54, 1.807) is 30.5 Å². The molecular formula is C35H44N4O8. The van der Waals surface area contributed by atoms with Crippen molar-refractivity contribution in [2.45, 2.75) is 57.5 Å². The van der Waals surface area contributed by atoms with Crippen LogP contribution in [0.5, 0.6) is 0 Å². The number of allylic oxidation sites excluding steroid dienone is 1. The number of hydrogen-bond donors (Lipinski definition) is 2. The Hall–Kier alpha value is -4.84. The van der Waals surface area contributed by atoms with Crippen molar-refractivity contribution in [3.05, 3.63) is 84.6 Å². The fourth-order valence-corrected chi connectivity index (χ4v) is 5.38. The van der Waals surface area contributed by atoms with Gasteiger partial charge in [0.05, 0.1) is 17.7 Å². The first-order valence-electron chi connectivity index (χ1n) is 16.0. The molecule has 1 unspecified atom stereocenters. The summed E-state index contributed by atoms with van der Waals surface area (Å²) in [7, 11) is 0. The number of anilines is 1. The molecule has 0 aliphatic carbocycles. The summed E-state index contributed by atoms with van der Waals surface area (Å²) in [6, 6.07) is 12.7. The zero-order chi connectivity index (χ0) is 34.0. The number of unbranched alkanes of at least 4 members (excludes halogenated alkanes) is 6. The van der Waals surface area contributed by atoms with Crippen LogP contribution in [0, 0.1) is 0 Å². The molecule has 12 nitrogen and oxygen atoms in total. The molecule has 3 heterocycles. The van der Waals surface area contributed by atoms with Crippen LogP contribution in [0.25, 0.3) is 0 Å². The number of ether oxygens (including phenoxy) is 1. The normalized spacial score (nSPS) is 15.1. The number of carbonyl (C=O) groups is 5. The molecule has 1 aromatic carbocycles. The van der Waals surface area contributed by atoms with Crippen LogP contribution in [0.1, 0.15) is 72.1 Å². The highest BCUT2D eigenvalue weighted by Gasteiger charge is 2.37. The number of rotatable bonds is 17. The number of hydrogen-bond acceptors (Lipinski definition) is 9. The Morgan fingerprint density at radius 1 is 0.809 bits per heavy atom. The molecule has 2 aliphatic heterocycles. The molecule has 0 radical (unpaired) electrons. The summed E-state index contributed by atoms with van der Waals surface area (Å²) in [5.74, 6) is -2.48. The van der Waals surface area contributed by atoms with E-state index in [0.717, 1.165) is 64.1 Å². The highest BCUT2D eigenvalue weighted by Crippen LogP contribution is 2.23. The number of piperazine rings is 1. The summed E-state index contributed by atoms with van der Waals surface area (Å²) in [6.45, 7) is 7.44. The van der Waals surface area contributed by atoms with Crippen LogP contribution in [0.3, 0.4) is 0 Å². The lowest BCUT2D eigenvalue weighted by Gasteiger charge is -2.37. The van der Waals surface area contributed by atoms with Gasteiger partial charge in [-0.2, -0.15) is 0 Å². The molecule has 0 spiro atoms. The van der Waals surface area contributed by atoms with E-state index in [1.807, 2.05) is 24.3 Å². The van der Waals surface area contributed by atoms with Crippen LogP contribution in [-0.2, 0) is 19.1 Å². The van der Waals surface area contributed by atoms with Gasteiger partial charge in [0, 0.05) is 57.5 Å². The second-order valence-electron chi connectivity index (χ2n) is 11.3. The van der Waals surface area contributed by atoms with E-state index in [0.29, 0.717) is 36.2 Å². The van der Waals surface area contributed by atoms with Crippen molar-refractivity contribution in [2.24, 2.45) is 0 Å². The largest absolute Gasteiger partial charge is 0.478 e. The molecular weight excluding hydrogens is 604 g/mol. The Balaban J connectivity index is 0.000000665. The van der Waals surface area contributed by atoms with Gasteiger partial charge in [-0.3, -0.25) is 24.2 Å². The molecule has 0 saturated carbocycles. The zero-order valence-corrected chi connectivity index (χ0v) is 26.7. The number of carbonyl (C=O) groups excluding carboxylic acids is 3. The molecule has 1 fully saturated rings. The number of carboxylic acid groups (broad SMARTS) is 2. The van der Waals surface area contributed by atoms with Crippen molar-refractivity contribution in [3.8, 4) is 0 Å². The highest BCUT2D eigenvalue weighted by molar-refractivity contribution is 6.21. The van der Waals surface area contributed by atoms with Crippen molar-refractivity contribution in [1.82, 2.24) is 14.8 Å². The average molecular weight is 649 g/mol. The van der Waals surface area contributed by atoms with Gasteiger partial charge >= 0.3 is 17.9 Å². The quantitative estimate of drug-likeness (QED) is 0.0822. The molecule has 4 rings (SSSR count). The zero-order valence-electron chi connectivity index (χ0n) is 26.7. The Labute approximate surface area is 275 Å². The minimum absolute atomic E-state index is 0.0574. The summed E-state index contributed by atoms with van der Waals surface area (Å²) in [5.41, 5.74) is 0.814. The van der Waals surface area contributed by atoms with Crippen LogP contribution >= 0.6 is 0 Å². The lowest BCUT2D eigenvalue weighted by atomic mass is 10.1. The Kier molecular flexibility index (Phi) is 15.3. The van der Waals surface area contributed by atoms with Crippen molar-refractivity contribution in [1.29, 1.82) is 0 Å². The lowest BCUT2D eigenvalue weighted by molar-refractivity contribution is -0.150. The Bertz CT molecular complexity index is 1340. The number of aromatic nitrogens is 1. The number of esters is 1. The van der Waals surface area contributed by atoms with Crippen molar-refractivity contribution < 1.29 is 38.9 Å². The minimum atomic E-state index is -1.26. The summed E-state index contributed by atoms with van der Waals surface area (Å²) < 4.78 is 5.92. The molecule has 2 aromatic rings. The number of imide groups is 1. The maximum absolute atomic E-state index is 13.0. The fourth-order valence-electron chi connectivity index (χ4n) is 5.38. The summed E-state index contributed by atoms with van der Waals surface area (Å²) in [5, 5.41) is 15.6. The molecule has 47 heavy (non-hydrogen) atoms. The van der Waals surface area contributed by atoms with Gasteiger partial charge in [0.2, 0.25) is 0 Å². The molecule has 1 atom stereocenters. The van der Waals surface area contributed by atoms with Gasteiger partial charge in [-0.1, -0.05) is 50.0 Å². The van der Waals surface area contributed by atoms with E-state index in [1.165, 1.54) is 17.7 Å². The molecule has 252 valence electrons. The molecule has 2 amide bonds. The topological polar surface area (TPSA) is 158 Å². The third-order valence-electron chi connectivity index (χ3n) is 7.78. The monoisotopic (exact) mass is 648 g/mol. The SMILES string of the molecule is C=CCCCCCCCCC(=O)OC(CN1CCN(c2ccccn2)CC1)CN1C(=O)c2ccccc2C1=O.O=C(O)C=CC(=O)O. The first kappa shape index (κ1) is 36.6. The number of amides is 2. The van der Waals surface area contributed by atoms with Crippen LogP contribution in [0.2, 0.25) is 0 Å². The first-order valence-corrected chi connectivity index (χ1v) is 16.0. The molecule has 0 bridgehead atoms. The molecule has 2 N–H and O–H groups in total. The predicted molar refractivity (Wildman–Crippen MR) is 176 cm³/mol. The van der Waals surface area contributed by atoms with Gasteiger partial charge in [0.1, 0.15) is 11.9 Å². The van der Waals surface area contributed by atoms with Crippen molar-refractivity contribution in [2.75, 3.05) is 44.2 Å². The van der Waals surface area contributed by atoms with Crippen LogP contribution in [0.4, 0.5) is 5.82 Å². The van der Waals surface area contributed by atoms with Gasteiger partial charge in [-0.05, 0) is 43.5 Å². The van der Waals surface area contributed by atoms with E-state index >= 15 is 0 Å². The van der Waals surface area contributed by atoms with Gasteiger partial charge < -0.3 is 19.8 Å². The van der Waals surface area contributed by atoms with Gasteiger partial charge in [-0.25, -0.2) is 14.6 Å². The van der Waals surface area contributed by atoms with E-state index in [-0.39, 0.29) is 24.3 Å². The van der Waals surface area contributed by atoms with Crippen LogP contribution in [-0.4, -0.2) is 100 Å². The van der Waals surface area contributed by atoms with Gasteiger partial charge in [-0.15, -0.1) is 6.58 Å². The van der Waals surface area contributed by atoms with E-state index in [9.17, 15) is 24.0 Å². The fraction of sp³-hybridized carbons (Fsp3) is 0.429. The van der Waals surface area contributed by atoms with Crippen LogP contribution < -0.4 is 4.90 Å². The molecule has 2 aliphatic rings. The maximum atomic E-state index is 13.0. The van der Waals surface area contributed by atoms with E-state index in [2.05, 4.69) is 21.4 Å². The number of fused-ring (bicyclic) bond motifs is 1. The third kappa shape index (κ3) is 12.5. The molecule has 1 saturated heterocycles. The molecule has 12 heteroatoms. The number of carboxylic acids is 2. The van der Waals surface area contributed by atoms with Crippen molar-refractivity contribution in [3.63, 3.8) is 0 Å². The van der Waals surface area contributed by atoms with Gasteiger partial charge in [0.15, 0.2) is 0 Å². The van der Waals surface area contributed by atoms with E-state index in [4.69, 9.17) is 14.9 Å². The van der Waals surface area contributed by atoms with E-state index < -0.39 is 18.0 Å². The van der Waals surface area contributed by atoms with Crippen LogP contribution in [0.15, 0.2) is 73.5 Å². The number of benzene rings is 1. The van der Waals surface area contributed by atoms with Crippen molar-refractivity contribution >= 4 is 35.5 Å². The summed E-state index contributed by atoms with van der Waals surface area (Å²) in [4.78, 5) is 68.0. The number of pyridine rings is 1. The average Bonchev–Trinajstić information content (AvgIpc) is 3.30.